The Morgan fingerprint density at radius 2 is 2.11 bits per heavy atom. The molecule has 2 unspecified atom stereocenters. The van der Waals surface area contributed by atoms with Gasteiger partial charge in [0.1, 0.15) is 0 Å². The monoisotopic (exact) mass is 260 g/mol. The van der Waals surface area contributed by atoms with Crippen molar-refractivity contribution in [3.63, 3.8) is 0 Å². The fraction of sp³-hybridized carbons (Fsp3) is 0.500. The van der Waals surface area contributed by atoms with E-state index in [4.69, 9.17) is 5.73 Å². The number of nitrogens with zero attached hydrogens (tertiary/aromatic N) is 1. The smallest absolute Gasteiger partial charge is 0.194 e. The lowest BCUT2D eigenvalue weighted by Crippen LogP contribution is -2.33. The van der Waals surface area contributed by atoms with E-state index in [2.05, 4.69) is 0 Å². The fourth-order valence-electron chi connectivity index (χ4n) is 2.43. The second-order valence-electron chi connectivity index (χ2n) is 4.58. The van der Waals surface area contributed by atoms with Gasteiger partial charge in [0.2, 0.25) is 0 Å². The highest BCUT2D eigenvalue weighted by atomic mass is 19.2. The highest BCUT2D eigenvalue weighted by Gasteiger charge is 2.34. The first kappa shape index (κ1) is 13.3. The highest BCUT2D eigenvalue weighted by Crippen LogP contribution is 2.36. The molecule has 0 radical (unpaired) electrons. The van der Waals surface area contributed by atoms with Gasteiger partial charge in [-0.05, 0) is 18.6 Å². The quantitative estimate of drug-likeness (QED) is 0.805. The van der Waals surface area contributed by atoms with Crippen LogP contribution in [0, 0.1) is 17.5 Å². The average molecular weight is 260 g/mol. The molecule has 100 valence electrons. The molecule has 0 spiro atoms. The summed E-state index contributed by atoms with van der Waals surface area (Å²) in [7, 11) is 0. The largest absolute Gasteiger partial charge is 0.392 e. The molecule has 1 aliphatic heterocycles. The standard InChI is InChI=1S/C12H15F3N2O/c1-6(18)4-17-5-8-7(10(17)3-16)2-9(13)12(15)11(8)14/h2,6,10,18H,3-5,16H2,1H3. The molecular weight excluding hydrogens is 245 g/mol. The van der Waals surface area contributed by atoms with Crippen molar-refractivity contribution in [2.75, 3.05) is 13.1 Å². The number of β-amino-alcohol motifs (C(OH)–C–C–N with tert-alkyl or cyclic N) is 1. The van der Waals surface area contributed by atoms with E-state index in [9.17, 15) is 18.3 Å². The van der Waals surface area contributed by atoms with Gasteiger partial charge in [0.15, 0.2) is 17.5 Å². The van der Waals surface area contributed by atoms with Gasteiger partial charge in [0.25, 0.3) is 0 Å². The van der Waals surface area contributed by atoms with Crippen molar-refractivity contribution < 1.29 is 18.3 Å². The van der Waals surface area contributed by atoms with Crippen LogP contribution in [0.1, 0.15) is 24.1 Å². The molecule has 18 heavy (non-hydrogen) atoms. The molecule has 0 fully saturated rings. The fourth-order valence-corrected chi connectivity index (χ4v) is 2.43. The Morgan fingerprint density at radius 1 is 1.44 bits per heavy atom. The van der Waals surface area contributed by atoms with Crippen molar-refractivity contribution in [1.29, 1.82) is 0 Å². The normalized spacial score (nSPS) is 21.1. The molecule has 6 heteroatoms. The predicted molar refractivity (Wildman–Crippen MR) is 60.2 cm³/mol. The van der Waals surface area contributed by atoms with Crippen LogP contribution in [0.25, 0.3) is 0 Å². The summed E-state index contributed by atoms with van der Waals surface area (Å²) in [6.07, 6.45) is -0.619. The van der Waals surface area contributed by atoms with Gasteiger partial charge in [-0.1, -0.05) is 0 Å². The third-order valence-corrected chi connectivity index (χ3v) is 3.18. The van der Waals surface area contributed by atoms with Gasteiger partial charge in [0, 0.05) is 31.2 Å². The zero-order chi connectivity index (χ0) is 13.4. The molecule has 1 aromatic carbocycles. The lowest BCUT2D eigenvalue weighted by molar-refractivity contribution is 0.105. The molecular formula is C12H15F3N2O. The first-order valence-electron chi connectivity index (χ1n) is 5.74. The molecule has 0 aromatic heterocycles. The molecule has 0 aliphatic carbocycles. The van der Waals surface area contributed by atoms with Crippen LogP contribution in [0.4, 0.5) is 13.2 Å². The number of halogens is 3. The molecule has 2 atom stereocenters. The van der Waals surface area contributed by atoms with Crippen LogP contribution in [-0.2, 0) is 6.54 Å². The van der Waals surface area contributed by atoms with E-state index < -0.39 is 23.6 Å². The van der Waals surface area contributed by atoms with E-state index in [1.165, 1.54) is 0 Å². The number of aliphatic hydroxyl groups is 1. The minimum Gasteiger partial charge on any atom is -0.392 e. The van der Waals surface area contributed by atoms with Crippen LogP contribution in [0.2, 0.25) is 0 Å². The van der Waals surface area contributed by atoms with Crippen molar-refractivity contribution in [2.45, 2.75) is 25.6 Å². The minimum atomic E-state index is -1.46. The average Bonchev–Trinajstić information content (AvgIpc) is 2.63. The highest BCUT2D eigenvalue weighted by molar-refractivity contribution is 5.37. The van der Waals surface area contributed by atoms with Crippen LogP contribution in [0.5, 0.6) is 0 Å². The lowest BCUT2D eigenvalue weighted by Gasteiger charge is -2.24. The van der Waals surface area contributed by atoms with Crippen molar-refractivity contribution in [3.8, 4) is 0 Å². The van der Waals surface area contributed by atoms with Gasteiger partial charge >= 0.3 is 0 Å². The maximum absolute atomic E-state index is 13.6. The van der Waals surface area contributed by atoms with E-state index in [0.29, 0.717) is 5.56 Å². The first-order valence-corrected chi connectivity index (χ1v) is 5.74. The van der Waals surface area contributed by atoms with Gasteiger partial charge in [-0.25, -0.2) is 13.2 Å². The molecule has 0 saturated carbocycles. The van der Waals surface area contributed by atoms with Crippen LogP contribution in [0.3, 0.4) is 0 Å². The van der Waals surface area contributed by atoms with E-state index in [-0.39, 0.29) is 31.2 Å². The summed E-state index contributed by atoms with van der Waals surface area (Å²) in [4.78, 5) is 1.72. The van der Waals surface area contributed by atoms with Crippen LogP contribution in [-0.4, -0.2) is 29.2 Å². The van der Waals surface area contributed by atoms with E-state index in [1.807, 2.05) is 0 Å². The summed E-state index contributed by atoms with van der Waals surface area (Å²) in [6.45, 7) is 2.16. The van der Waals surface area contributed by atoms with E-state index in [1.54, 1.807) is 11.8 Å². The SMILES string of the molecule is CC(O)CN1Cc2c(cc(F)c(F)c2F)C1CN. The summed E-state index contributed by atoms with van der Waals surface area (Å²) in [6, 6.07) is 0.604. The number of hydrogen-bond donors (Lipinski definition) is 2. The molecule has 0 bridgehead atoms. The number of fused-ring (bicyclic) bond motifs is 1. The van der Waals surface area contributed by atoms with Crippen LogP contribution >= 0.6 is 0 Å². The van der Waals surface area contributed by atoms with Gasteiger partial charge < -0.3 is 10.8 Å². The summed E-state index contributed by atoms with van der Waals surface area (Å²) in [5.74, 6) is -3.82. The van der Waals surface area contributed by atoms with Crippen molar-refractivity contribution in [2.24, 2.45) is 5.73 Å². The minimum absolute atomic E-state index is 0.130. The van der Waals surface area contributed by atoms with Gasteiger partial charge in [0.05, 0.1) is 6.10 Å². The third-order valence-electron chi connectivity index (χ3n) is 3.18. The zero-order valence-electron chi connectivity index (χ0n) is 9.96. The summed E-state index contributed by atoms with van der Waals surface area (Å²) in [5.41, 5.74) is 6.09. The van der Waals surface area contributed by atoms with Crippen molar-refractivity contribution >= 4 is 0 Å². The predicted octanol–water partition coefficient (Wildman–Crippen LogP) is 1.30. The second-order valence-corrected chi connectivity index (χ2v) is 4.58. The van der Waals surface area contributed by atoms with Crippen LogP contribution < -0.4 is 5.73 Å². The maximum Gasteiger partial charge on any atom is 0.194 e. The Labute approximate surface area is 103 Å². The molecule has 0 saturated heterocycles. The van der Waals surface area contributed by atoms with Crippen LogP contribution in [0.15, 0.2) is 6.07 Å². The maximum atomic E-state index is 13.6. The topological polar surface area (TPSA) is 49.5 Å². The van der Waals surface area contributed by atoms with E-state index in [0.717, 1.165) is 6.07 Å². The lowest BCUT2D eigenvalue weighted by atomic mass is 10.0. The summed E-state index contributed by atoms with van der Waals surface area (Å²) < 4.78 is 40.0. The molecule has 1 aliphatic rings. The molecule has 3 nitrogen and oxygen atoms in total. The van der Waals surface area contributed by atoms with E-state index >= 15 is 0 Å². The number of aliphatic hydroxyl groups excluding tert-OH is 1. The molecule has 1 heterocycles. The Bertz CT molecular complexity index is 465. The molecule has 1 aromatic rings. The second kappa shape index (κ2) is 4.87. The number of rotatable bonds is 3. The molecule has 0 amide bonds. The Balaban J connectivity index is 2.41. The van der Waals surface area contributed by atoms with Crippen molar-refractivity contribution in [1.82, 2.24) is 4.90 Å². The Hall–Kier alpha value is -1.11. The third kappa shape index (κ3) is 2.11. The van der Waals surface area contributed by atoms with Gasteiger partial charge in [-0.3, -0.25) is 4.90 Å². The Kier molecular flexibility index (Phi) is 3.61. The number of benzene rings is 1. The summed E-state index contributed by atoms with van der Waals surface area (Å²) >= 11 is 0. The molecule has 3 N–H and O–H groups in total. The van der Waals surface area contributed by atoms with Gasteiger partial charge in [-0.2, -0.15) is 0 Å². The van der Waals surface area contributed by atoms with Gasteiger partial charge in [-0.15, -0.1) is 0 Å². The number of hydrogen-bond acceptors (Lipinski definition) is 3. The first-order chi connectivity index (χ1) is 8.45. The number of nitrogens with two attached hydrogens (primary N) is 1. The Morgan fingerprint density at radius 3 is 2.67 bits per heavy atom. The van der Waals surface area contributed by atoms with Crippen molar-refractivity contribution in [3.05, 3.63) is 34.6 Å². The molecule has 2 rings (SSSR count). The zero-order valence-corrected chi connectivity index (χ0v) is 9.96. The summed E-state index contributed by atoms with van der Waals surface area (Å²) in [5, 5.41) is 9.36.